The van der Waals surface area contributed by atoms with Crippen LogP contribution in [-0.4, -0.2) is 64.6 Å². The Balaban J connectivity index is 1.39. The van der Waals surface area contributed by atoms with E-state index in [1.165, 1.54) is 12.1 Å². The molecular weight excluding hydrogens is 373 g/mol. The summed E-state index contributed by atoms with van der Waals surface area (Å²) in [7, 11) is 2.04. The number of nitrogens with zero attached hydrogens (tertiary/aromatic N) is 4. The molecule has 1 saturated carbocycles. The lowest BCUT2D eigenvalue weighted by Crippen LogP contribution is -2.48. The number of hydrogen-bond donors (Lipinski definition) is 1. The molecule has 8 heteroatoms. The lowest BCUT2D eigenvalue weighted by molar-refractivity contribution is -0.133. The summed E-state index contributed by atoms with van der Waals surface area (Å²) in [6, 6.07) is 7.94. The molecule has 4 rings (SSSR count). The van der Waals surface area contributed by atoms with Gasteiger partial charge in [-0.2, -0.15) is 5.10 Å². The summed E-state index contributed by atoms with van der Waals surface area (Å²) in [6.07, 6.45) is 3.99. The van der Waals surface area contributed by atoms with Gasteiger partial charge in [-0.25, -0.2) is 4.39 Å². The van der Waals surface area contributed by atoms with Crippen molar-refractivity contribution in [2.75, 3.05) is 38.5 Å². The predicted molar refractivity (Wildman–Crippen MR) is 107 cm³/mol. The third-order valence-electron chi connectivity index (χ3n) is 6.05. The first-order chi connectivity index (χ1) is 14.0. The Labute approximate surface area is 169 Å². The van der Waals surface area contributed by atoms with Gasteiger partial charge >= 0.3 is 0 Å². The van der Waals surface area contributed by atoms with Crippen LogP contribution < -0.4 is 5.32 Å². The van der Waals surface area contributed by atoms with Crippen molar-refractivity contribution in [3.63, 3.8) is 0 Å². The Hall–Kier alpha value is -2.74. The van der Waals surface area contributed by atoms with Crippen molar-refractivity contribution in [3.05, 3.63) is 47.9 Å². The number of likely N-dealkylation sites (N-methyl/N-ethyl adjacent to an activating group) is 1. The van der Waals surface area contributed by atoms with Crippen molar-refractivity contribution in [3.8, 4) is 0 Å². The molecular formula is C21H26FN5O2. The highest BCUT2D eigenvalue weighted by atomic mass is 19.1. The molecule has 2 aliphatic rings. The standard InChI is InChI=1S/C21H26FN5O2/c1-25-10-12-26(13-11-25)19(28)15-27-9-6-18(24-27)23-20(29)21(7-3-8-21)16-4-2-5-17(22)14-16/h2,4-6,9,14H,3,7-8,10-13,15H2,1H3,(H,23,24,29). The van der Waals surface area contributed by atoms with Crippen LogP contribution in [0, 0.1) is 5.82 Å². The van der Waals surface area contributed by atoms with Crippen LogP contribution in [0.5, 0.6) is 0 Å². The van der Waals surface area contributed by atoms with Crippen LogP contribution in [0.2, 0.25) is 0 Å². The van der Waals surface area contributed by atoms with Gasteiger partial charge in [-0.05, 0) is 37.6 Å². The zero-order valence-corrected chi connectivity index (χ0v) is 16.6. The minimum Gasteiger partial charge on any atom is -0.339 e. The Morgan fingerprint density at radius 1 is 1.17 bits per heavy atom. The van der Waals surface area contributed by atoms with Crippen molar-refractivity contribution in [2.24, 2.45) is 0 Å². The first-order valence-corrected chi connectivity index (χ1v) is 10.0. The average molecular weight is 399 g/mol. The summed E-state index contributed by atoms with van der Waals surface area (Å²) < 4.78 is 15.2. The number of carbonyl (C=O) groups excluding carboxylic acids is 2. The quantitative estimate of drug-likeness (QED) is 0.833. The smallest absolute Gasteiger partial charge is 0.244 e. The Morgan fingerprint density at radius 3 is 2.59 bits per heavy atom. The van der Waals surface area contributed by atoms with E-state index in [-0.39, 0.29) is 24.2 Å². The minimum absolute atomic E-state index is 0.0225. The van der Waals surface area contributed by atoms with E-state index in [2.05, 4.69) is 15.3 Å². The molecule has 0 unspecified atom stereocenters. The zero-order valence-electron chi connectivity index (χ0n) is 16.6. The molecule has 1 aliphatic heterocycles. The molecule has 2 aromatic rings. The minimum atomic E-state index is -0.707. The van der Waals surface area contributed by atoms with Crippen LogP contribution >= 0.6 is 0 Å². The van der Waals surface area contributed by atoms with Crippen LogP contribution in [0.25, 0.3) is 0 Å². The van der Waals surface area contributed by atoms with Crippen molar-refractivity contribution in [2.45, 2.75) is 31.2 Å². The number of nitrogens with one attached hydrogen (secondary N) is 1. The second kappa shape index (κ2) is 7.94. The van der Waals surface area contributed by atoms with E-state index in [0.29, 0.717) is 24.2 Å². The van der Waals surface area contributed by atoms with Gasteiger partial charge in [0.25, 0.3) is 0 Å². The molecule has 1 saturated heterocycles. The maximum atomic E-state index is 13.7. The molecule has 1 aromatic heterocycles. The van der Waals surface area contributed by atoms with E-state index in [0.717, 1.165) is 32.6 Å². The Kier molecular flexibility index (Phi) is 5.36. The van der Waals surface area contributed by atoms with Gasteiger partial charge in [0.1, 0.15) is 12.4 Å². The molecule has 7 nitrogen and oxygen atoms in total. The highest BCUT2D eigenvalue weighted by Gasteiger charge is 2.46. The first kappa shape index (κ1) is 19.6. The number of benzene rings is 1. The van der Waals surface area contributed by atoms with Crippen LogP contribution in [0.4, 0.5) is 10.2 Å². The van der Waals surface area contributed by atoms with Crippen LogP contribution in [0.15, 0.2) is 36.5 Å². The number of halogens is 1. The fourth-order valence-electron chi connectivity index (χ4n) is 4.01. The lowest BCUT2D eigenvalue weighted by atomic mass is 9.64. The third kappa shape index (κ3) is 4.03. The van der Waals surface area contributed by atoms with E-state index >= 15 is 0 Å². The van der Waals surface area contributed by atoms with Crippen molar-refractivity contribution in [1.82, 2.24) is 19.6 Å². The van der Waals surface area contributed by atoms with E-state index in [1.807, 2.05) is 11.9 Å². The maximum absolute atomic E-state index is 13.7. The van der Waals surface area contributed by atoms with Crippen molar-refractivity contribution < 1.29 is 14.0 Å². The molecule has 154 valence electrons. The fraction of sp³-hybridized carbons (Fsp3) is 0.476. The largest absolute Gasteiger partial charge is 0.339 e. The number of amides is 2. The third-order valence-corrected chi connectivity index (χ3v) is 6.05. The van der Waals surface area contributed by atoms with Gasteiger partial charge in [0, 0.05) is 38.4 Å². The molecule has 2 amide bonds. The molecule has 1 N–H and O–H groups in total. The lowest BCUT2D eigenvalue weighted by Gasteiger charge is -2.40. The van der Waals surface area contributed by atoms with Crippen LogP contribution in [-0.2, 0) is 21.5 Å². The van der Waals surface area contributed by atoms with Crippen molar-refractivity contribution in [1.29, 1.82) is 0 Å². The van der Waals surface area contributed by atoms with Gasteiger partial charge in [0.2, 0.25) is 11.8 Å². The number of rotatable bonds is 5. The fourth-order valence-corrected chi connectivity index (χ4v) is 4.01. The molecule has 29 heavy (non-hydrogen) atoms. The Morgan fingerprint density at radius 2 is 1.93 bits per heavy atom. The number of carbonyl (C=O) groups is 2. The van der Waals surface area contributed by atoms with Crippen LogP contribution in [0.3, 0.4) is 0 Å². The van der Waals surface area contributed by atoms with Gasteiger partial charge in [-0.1, -0.05) is 18.6 Å². The van der Waals surface area contributed by atoms with E-state index in [9.17, 15) is 14.0 Å². The van der Waals surface area contributed by atoms with Crippen LogP contribution in [0.1, 0.15) is 24.8 Å². The van der Waals surface area contributed by atoms with E-state index < -0.39 is 5.41 Å². The molecule has 1 aromatic carbocycles. The molecule has 0 bridgehead atoms. The molecule has 0 atom stereocenters. The second-order valence-corrected chi connectivity index (χ2v) is 7.98. The maximum Gasteiger partial charge on any atom is 0.244 e. The number of aromatic nitrogens is 2. The van der Waals surface area contributed by atoms with Gasteiger partial charge in [-0.3, -0.25) is 14.3 Å². The summed E-state index contributed by atoms with van der Waals surface area (Å²) in [5.74, 6) is -0.0866. The van der Waals surface area contributed by atoms with Gasteiger partial charge in [0.05, 0.1) is 5.41 Å². The molecule has 0 spiro atoms. The Bertz CT molecular complexity index is 900. The molecule has 1 aliphatic carbocycles. The number of hydrogen-bond acceptors (Lipinski definition) is 4. The topological polar surface area (TPSA) is 70.5 Å². The summed E-state index contributed by atoms with van der Waals surface area (Å²) >= 11 is 0. The zero-order chi connectivity index (χ0) is 20.4. The van der Waals surface area contributed by atoms with Crippen molar-refractivity contribution >= 4 is 17.6 Å². The van der Waals surface area contributed by atoms with Gasteiger partial charge in [0.15, 0.2) is 5.82 Å². The second-order valence-electron chi connectivity index (χ2n) is 7.98. The number of piperazine rings is 1. The SMILES string of the molecule is CN1CCN(C(=O)Cn2ccc(NC(=O)C3(c4cccc(F)c4)CCC3)n2)CC1. The van der Waals surface area contributed by atoms with Gasteiger partial charge < -0.3 is 15.1 Å². The van der Waals surface area contributed by atoms with E-state index in [1.54, 1.807) is 29.1 Å². The van der Waals surface area contributed by atoms with Gasteiger partial charge in [-0.15, -0.1) is 0 Å². The predicted octanol–water partition coefficient (Wildman–Crippen LogP) is 1.86. The monoisotopic (exact) mass is 399 g/mol. The summed E-state index contributed by atoms with van der Waals surface area (Å²) in [5.41, 5.74) is -0.00689. The number of anilines is 1. The normalized spacial score (nSPS) is 18.9. The highest BCUT2D eigenvalue weighted by Crippen LogP contribution is 2.44. The highest BCUT2D eigenvalue weighted by molar-refractivity contribution is 5.99. The summed E-state index contributed by atoms with van der Waals surface area (Å²) in [6.45, 7) is 3.32. The summed E-state index contributed by atoms with van der Waals surface area (Å²) in [4.78, 5) is 29.5. The molecule has 2 heterocycles. The average Bonchev–Trinajstić information content (AvgIpc) is 3.08. The van der Waals surface area contributed by atoms with E-state index in [4.69, 9.17) is 0 Å². The molecule has 2 fully saturated rings. The molecule has 0 radical (unpaired) electrons. The first-order valence-electron chi connectivity index (χ1n) is 10.0. The summed E-state index contributed by atoms with van der Waals surface area (Å²) in [5, 5.41) is 7.19.